The Hall–Kier alpha value is -1.75. The third-order valence-electron chi connectivity index (χ3n) is 4.22. The van der Waals surface area contributed by atoms with Gasteiger partial charge >= 0.3 is 0 Å². The Bertz CT molecular complexity index is 618. The molecule has 1 aromatic carbocycles. The van der Waals surface area contributed by atoms with Crippen LogP contribution in [-0.2, 0) is 4.74 Å². The van der Waals surface area contributed by atoms with Crippen molar-refractivity contribution in [3.63, 3.8) is 0 Å². The molecule has 0 unspecified atom stereocenters. The van der Waals surface area contributed by atoms with Crippen LogP contribution in [-0.4, -0.2) is 30.3 Å². The Balaban J connectivity index is 1.76. The number of anilines is 2. The van der Waals surface area contributed by atoms with Gasteiger partial charge in [0.25, 0.3) is 6.01 Å². The van der Waals surface area contributed by atoms with Gasteiger partial charge in [-0.15, -0.1) is 0 Å². The first-order valence-electron chi connectivity index (χ1n) is 6.78. The number of rotatable bonds is 1. The van der Waals surface area contributed by atoms with Gasteiger partial charge < -0.3 is 19.8 Å². The molecule has 4 rings (SSSR count). The molecule has 2 saturated heterocycles. The summed E-state index contributed by atoms with van der Waals surface area (Å²) in [7, 11) is 0. The molecular weight excluding hydrogens is 242 g/mol. The third-order valence-corrected chi connectivity index (χ3v) is 4.22. The van der Waals surface area contributed by atoms with E-state index in [1.54, 1.807) is 0 Å². The molecule has 100 valence electrons. The number of nitrogens with two attached hydrogens (primary N) is 1. The molecule has 2 N–H and O–H groups in total. The molecular formula is C14H17N3O2. The van der Waals surface area contributed by atoms with Crippen LogP contribution in [0.3, 0.4) is 0 Å². The molecule has 1 aromatic heterocycles. The minimum Gasteiger partial charge on any atom is -0.423 e. The first kappa shape index (κ1) is 11.1. The lowest BCUT2D eigenvalue weighted by molar-refractivity contribution is -0.0701. The van der Waals surface area contributed by atoms with Gasteiger partial charge in [-0.05, 0) is 37.5 Å². The number of hydrogen-bond donors (Lipinski definition) is 1. The van der Waals surface area contributed by atoms with Gasteiger partial charge in [-0.3, -0.25) is 0 Å². The van der Waals surface area contributed by atoms with Gasteiger partial charge in [-0.1, -0.05) is 0 Å². The SMILES string of the molecule is Nc1ccc2oc(N3CCCCC34COC4)nc2c1. The quantitative estimate of drug-likeness (QED) is 0.795. The Morgan fingerprint density at radius 3 is 2.95 bits per heavy atom. The second-order valence-electron chi connectivity index (χ2n) is 5.55. The average Bonchev–Trinajstić information content (AvgIpc) is 2.79. The number of hydrogen-bond acceptors (Lipinski definition) is 5. The Labute approximate surface area is 111 Å². The van der Waals surface area contributed by atoms with E-state index in [0.717, 1.165) is 37.3 Å². The van der Waals surface area contributed by atoms with Crippen molar-refractivity contribution in [1.29, 1.82) is 0 Å². The molecule has 2 aliphatic heterocycles. The summed E-state index contributed by atoms with van der Waals surface area (Å²) in [6, 6.07) is 6.30. The lowest BCUT2D eigenvalue weighted by Gasteiger charge is -2.51. The van der Waals surface area contributed by atoms with E-state index in [-0.39, 0.29) is 5.54 Å². The molecule has 1 spiro atoms. The summed E-state index contributed by atoms with van der Waals surface area (Å²) in [5, 5.41) is 0. The van der Waals surface area contributed by atoms with Gasteiger partial charge in [0, 0.05) is 12.2 Å². The number of nitrogen functional groups attached to an aromatic ring is 1. The van der Waals surface area contributed by atoms with E-state index in [1.165, 1.54) is 12.8 Å². The predicted molar refractivity (Wildman–Crippen MR) is 73.2 cm³/mol. The van der Waals surface area contributed by atoms with E-state index in [9.17, 15) is 0 Å². The predicted octanol–water partition coefficient (Wildman–Crippen LogP) is 2.17. The smallest absolute Gasteiger partial charge is 0.299 e. The van der Waals surface area contributed by atoms with Crippen molar-refractivity contribution in [2.24, 2.45) is 0 Å². The number of fused-ring (bicyclic) bond motifs is 1. The number of benzene rings is 1. The third kappa shape index (κ3) is 1.61. The molecule has 0 aliphatic carbocycles. The van der Waals surface area contributed by atoms with Crippen molar-refractivity contribution in [1.82, 2.24) is 4.98 Å². The Morgan fingerprint density at radius 1 is 1.26 bits per heavy atom. The van der Waals surface area contributed by atoms with Crippen LogP contribution < -0.4 is 10.6 Å². The van der Waals surface area contributed by atoms with E-state index in [4.69, 9.17) is 14.9 Å². The molecule has 5 nitrogen and oxygen atoms in total. The zero-order valence-electron chi connectivity index (χ0n) is 10.8. The van der Waals surface area contributed by atoms with Crippen LogP contribution >= 0.6 is 0 Å². The highest BCUT2D eigenvalue weighted by molar-refractivity contribution is 5.78. The summed E-state index contributed by atoms with van der Waals surface area (Å²) in [4.78, 5) is 6.89. The number of oxazole rings is 1. The minimum atomic E-state index is 0.116. The maximum Gasteiger partial charge on any atom is 0.299 e. The molecule has 5 heteroatoms. The maximum atomic E-state index is 5.90. The van der Waals surface area contributed by atoms with Gasteiger partial charge in [-0.2, -0.15) is 4.98 Å². The fourth-order valence-corrected chi connectivity index (χ4v) is 3.08. The summed E-state index contributed by atoms with van der Waals surface area (Å²) in [6.45, 7) is 2.56. The van der Waals surface area contributed by atoms with Crippen molar-refractivity contribution >= 4 is 22.8 Å². The van der Waals surface area contributed by atoms with Crippen LogP contribution in [0.15, 0.2) is 22.6 Å². The first-order chi connectivity index (χ1) is 9.27. The Kier molecular flexibility index (Phi) is 2.26. The lowest BCUT2D eigenvalue weighted by atomic mass is 9.85. The highest BCUT2D eigenvalue weighted by Crippen LogP contribution is 2.38. The number of piperidine rings is 1. The monoisotopic (exact) mass is 259 g/mol. The molecule has 2 aliphatic rings. The molecule has 3 heterocycles. The van der Waals surface area contributed by atoms with Crippen LogP contribution in [0.25, 0.3) is 11.1 Å². The second-order valence-corrected chi connectivity index (χ2v) is 5.55. The van der Waals surface area contributed by atoms with E-state index < -0.39 is 0 Å². The van der Waals surface area contributed by atoms with Crippen molar-refractivity contribution < 1.29 is 9.15 Å². The van der Waals surface area contributed by atoms with Crippen molar-refractivity contribution in [3.05, 3.63) is 18.2 Å². The number of ether oxygens (including phenoxy) is 1. The van der Waals surface area contributed by atoms with Crippen LogP contribution in [0.2, 0.25) is 0 Å². The molecule has 2 aromatic rings. The standard InChI is InChI=1S/C14H17N3O2/c15-10-3-4-12-11(7-10)16-13(19-12)17-6-2-1-5-14(17)8-18-9-14/h3-4,7H,1-2,5-6,8-9,15H2. The Morgan fingerprint density at radius 2 is 2.16 bits per heavy atom. The van der Waals surface area contributed by atoms with Gasteiger partial charge in [0.05, 0.1) is 18.8 Å². The summed E-state index contributed by atoms with van der Waals surface area (Å²) in [5.74, 6) is 0. The molecule has 0 amide bonds. The molecule has 0 saturated carbocycles. The van der Waals surface area contributed by atoms with Crippen LogP contribution in [0.4, 0.5) is 11.7 Å². The molecule has 0 bridgehead atoms. The van der Waals surface area contributed by atoms with Crippen molar-refractivity contribution in [2.75, 3.05) is 30.4 Å². The van der Waals surface area contributed by atoms with Gasteiger partial charge in [0.1, 0.15) is 5.52 Å². The van der Waals surface area contributed by atoms with Gasteiger partial charge in [0.15, 0.2) is 5.58 Å². The van der Waals surface area contributed by atoms with E-state index >= 15 is 0 Å². The fourth-order valence-electron chi connectivity index (χ4n) is 3.08. The number of aromatic nitrogens is 1. The summed E-state index contributed by atoms with van der Waals surface area (Å²) in [5.41, 5.74) is 8.24. The van der Waals surface area contributed by atoms with Crippen LogP contribution in [0.1, 0.15) is 19.3 Å². The lowest BCUT2D eigenvalue weighted by Crippen LogP contribution is -2.64. The average molecular weight is 259 g/mol. The molecule has 2 fully saturated rings. The minimum absolute atomic E-state index is 0.116. The maximum absolute atomic E-state index is 5.90. The fraction of sp³-hybridized carbons (Fsp3) is 0.500. The second kappa shape index (κ2) is 3.87. The zero-order chi connectivity index (χ0) is 12.9. The van der Waals surface area contributed by atoms with Crippen LogP contribution in [0, 0.1) is 0 Å². The summed E-state index contributed by atoms with van der Waals surface area (Å²) in [6.07, 6.45) is 3.60. The zero-order valence-corrected chi connectivity index (χ0v) is 10.8. The van der Waals surface area contributed by atoms with Crippen molar-refractivity contribution in [3.8, 4) is 0 Å². The molecule has 19 heavy (non-hydrogen) atoms. The van der Waals surface area contributed by atoms with E-state index in [1.807, 2.05) is 18.2 Å². The van der Waals surface area contributed by atoms with Crippen molar-refractivity contribution in [2.45, 2.75) is 24.8 Å². The van der Waals surface area contributed by atoms with E-state index in [0.29, 0.717) is 11.7 Å². The first-order valence-corrected chi connectivity index (χ1v) is 6.78. The normalized spacial score (nSPS) is 21.8. The van der Waals surface area contributed by atoms with Crippen LogP contribution in [0.5, 0.6) is 0 Å². The summed E-state index contributed by atoms with van der Waals surface area (Å²) >= 11 is 0. The highest BCUT2D eigenvalue weighted by Gasteiger charge is 2.47. The van der Waals surface area contributed by atoms with E-state index in [2.05, 4.69) is 9.88 Å². The summed E-state index contributed by atoms with van der Waals surface area (Å²) < 4.78 is 11.3. The number of nitrogens with zero attached hydrogens (tertiary/aromatic N) is 2. The highest BCUT2D eigenvalue weighted by atomic mass is 16.5. The molecule has 0 radical (unpaired) electrons. The molecule has 0 atom stereocenters. The topological polar surface area (TPSA) is 64.5 Å². The van der Waals surface area contributed by atoms with Gasteiger partial charge in [-0.25, -0.2) is 0 Å². The largest absolute Gasteiger partial charge is 0.423 e. The van der Waals surface area contributed by atoms with Gasteiger partial charge in [0.2, 0.25) is 0 Å².